The third kappa shape index (κ3) is 3.15. The Balaban J connectivity index is 2.05. The molecule has 6 heteroatoms. The summed E-state index contributed by atoms with van der Waals surface area (Å²) in [5.41, 5.74) is 5.41. The van der Waals surface area contributed by atoms with E-state index < -0.39 is 0 Å². The van der Waals surface area contributed by atoms with Gasteiger partial charge in [-0.1, -0.05) is 12.8 Å². The van der Waals surface area contributed by atoms with Crippen molar-refractivity contribution in [1.82, 2.24) is 9.97 Å². The number of carbonyl (C=O) groups excluding carboxylic acids is 1. The van der Waals surface area contributed by atoms with Gasteiger partial charge in [0.15, 0.2) is 0 Å². The highest BCUT2D eigenvalue weighted by Gasteiger charge is 2.29. The van der Waals surface area contributed by atoms with Gasteiger partial charge in [0.25, 0.3) is 0 Å². The van der Waals surface area contributed by atoms with E-state index in [0.29, 0.717) is 5.95 Å². The molecule has 17 heavy (non-hydrogen) atoms. The van der Waals surface area contributed by atoms with Crippen molar-refractivity contribution >= 4 is 27.8 Å². The lowest BCUT2D eigenvalue weighted by molar-refractivity contribution is -0.122. The summed E-state index contributed by atoms with van der Waals surface area (Å²) in [6.07, 6.45) is 7.32. The van der Waals surface area contributed by atoms with Crippen LogP contribution in [-0.4, -0.2) is 21.9 Å². The minimum absolute atomic E-state index is 0.0578. The largest absolute Gasteiger partial charge is 0.369 e. The van der Waals surface area contributed by atoms with E-state index in [1.54, 1.807) is 12.4 Å². The molecule has 0 saturated heterocycles. The maximum absolute atomic E-state index is 11.3. The van der Waals surface area contributed by atoms with E-state index in [0.717, 1.165) is 30.2 Å². The molecule has 1 saturated carbocycles. The van der Waals surface area contributed by atoms with Crippen LogP contribution < -0.4 is 11.1 Å². The smallest absolute Gasteiger partial charge is 0.222 e. The van der Waals surface area contributed by atoms with Gasteiger partial charge in [-0.2, -0.15) is 0 Å². The van der Waals surface area contributed by atoms with Crippen LogP contribution in [-0.2, 0) is 4.79 Å². The van der Waals surface area contributed by atoms with Gasteiger partial charge in [0, 0.05) is 18.4 Å². The Labute approximate surface area is 108 Å². The van der Waals surface area contributed by atoms with Gasteiger partial charge in [0.05, 0.1) is 10.4 Å². The molecule has 1 fully saturated rings. The molecule has 1 aliphatic rings. The van der Waals surface area contributed by atoms with Crippen LogP contribution in [0.1, 0.15) is 25.7 Å². The molecule has 1 heterocycles. The van der Waals surface area contributed by atoms with Crippen molar-refractivity contribution in [3.8, 4) is 0 Å². The van der Waals surface area contributed by atoms with Gasteiger partial charge < -0.3 is 11.1 Å². The van der Waals surface area contributed by atoms with Gasteiger partial charge in [-0.05, 0) is 28.8 Å². The molecule has 1 aliphatic carbocycles. The van der Waals surface area contributed by atoms with Gasteiger partial charge in [-0.15, -0.1) is 0 Å². The maximum atomic E-state index is 11.3. The maximum Gasteiger partial charge on any atom is 0.222 e. The normalized spacial score (nSPS) is 24.3. The molecule has 0 radical (unpaired) electrons. The summed E-state index contributed by atoms with van der Waals surface area (Å²) in [6.45, 7) is 0. The molecule has 0 unspecified atom stereocenters. The topological polar surface area (TPSA) is 80.9 Å². The van der Waals surface area contributed by atoms with E-state index in [-0.39, 0.29) is 17.9 Å². The first-order chi connectivity index (χ1) is 8.16. The average Bonchev–Trinajstić information content (AvgIpc) is 2.32. The number of hydrogen-bond donors (Lipinski definition) is 2. The van der Waals surface area contributed by atoms with E-state index in [1.165, 1.54) is 0 Å². The molecule has 3 N–H and O–H groups in total. The molecule has 2 atom stereocenters. The van der Waals surface area contributed by atoms with E-state index in [1.807, 2.05) is 0 Å². The monoisotopic (exact) mass is 298 g/mol. The number of halogens is 1. The summed E-state index contributed by atoms with van der Waals surface area (Å²) in [6, 6.07) is 0.0578. The van der Waals surface area contributed by atoms with Crippen molar-refractivity contribution < 1.29 is 4.79 Å². The van der Waals surface area contributed by atoms with Crippen LogP contribution in [0.25, 0.3) is 0 Å². The van der Waals surface area contributed by atoms with Crippen LogP contribution in [0.5, 0.6) is 0 Å². The number of rotatable bonds is 3. The fourth-order valence-corrected chi connectivity index (χ4v) is 2.40. The molecule has 0 bridgehead atoms. The van der Waals surface area contributed by atoms with Crippen LogP contribution in [0.4, 0.5) is 5.95 Å². The van der Waals surface area contributed by atoms with Crippen LogP contribution in [0.3, 0.4) is 0 Å². The first-order valence-corrected chi connectivity index (χ1v) is 6.49. The van der Waals surface area contributed by atoms with E-state index in [9.17, 15) is 4.79 Å². The molecular weight excluding hydrogens is 284 g/mol. The van der Waals surface area contributed by atoms with Crippen LogP contribution in [0, 0.1) is 5.92 Å². The molecule has 2 rings (SSSR count). The van der Waals surface area contributed by atoms with Crippen LogP contribution >= 0.6 is 15.9 Å². The molecule has 0 aliphatic heterocycles. The minimum Gasteiger partial charge on any atom is -0.369 e. The molecular formula is C11H15BrN4O. The summed E-state index contributed by atoms with van der Waals surface area (Å²) in [5.74, 6) is 0.196. The van der Waals surface area contributed by atoms with E-state index in [4.69, 9.17) is 5.73 Å². The number of aromatic nitrogens is 2. The summed E-state index contributed by atoms with van der Waals surface area (Å²) >= 11 is 3.28. The van der Waals surface area contributed by atoms with Crippen molar-refractivity contribution in [2.24, 2.45) is 11.7 Å². The van der Waals surface area contributed by atoms with Crippen molar-refractivity contribution in [2.45, 2.75) is 31.7 Å². The Kier molecular flexibility index (Phi) is 3.93. The second-order valence-electron chi connectivity index (χ2n) is 4.27. The molecule has 0 spiro atoms. The number of anilines is 1. The molecule has 1 aromatic rings. The Bertz CT molecular complexity index is 395. The van der Waals surface area contributed by atoms with Gasteiger partial charge in [0.1, 0.15) is 0 Å². The first kappa shape index (κ1) is 12.3. The molecule has 1 aromatic heterocycles. The molecule has 1 amide bonds. The quantitative estimate of drug-likeness (QED) is 0.890. The van der Waals surface area contributed by atoms with Gasteiger partial charge >= 0.3 is 0 Å². The number of amides is 1. The zero-order chi connectivity index (χ0) is 12.3. The third-order valence-electron chi connectivity index (χ3n) is 3.07. The lowest BCUT2D eigenvalue weighted by Crippen LogP contribution is -2.40. The number of primary amides is 1. The number of nitrogens with zero attached hydrogens (tertiary/aromatic N) is 2. The molecule has 5 nitrogen and oxygen atoms in total. The van der Waals surface area contributed by atoms with Crippen molar-refractivity contribution in [2.75, 3.05) is 5.32 Å². The summed E-state index contributed by atoms with van der Waals surface area (Å²) in [4.78, 5) is 19.6. The number of carbonyl (C=O) groups is 1. The third-order valence-corrected chi connectivity index (χ3v) is 3.48. The SMILES string of the molecule is NC(=O)[C@@H]1CCCC[C@H]1Nc1ncc(Br)cn1. The predicted molar refractivity (Wildman–Crippen MR) is 68.3 cm³/mol. The zero-order valence-electron chi connectivity index (χ0n) is 9.40. The van der Waals surface area contributed by atoms with Crippen LogP contribution in [0.15, 0.2) is 16.9 Å². The Morgan fingerprint density at radius 3 is 2.65 bits per heavy atom. The number of nitrogens with two attached hydrogens (primary N) is 1. The van der Waals surface area contributed by atoms with Gasteiger partial charge in [0.2, 0.25) is 11.9 Å². The summed E-state index contributed by atoms with van der Waals surface area (Å²) < 4.78 is 0.832. The van der Waals surface area contributed by atoms with Crippen LogP contribution in [0.2, 0.25) is 0 Å². The fraction of sp³-hybridized carbons (Fsp3) is 0.545. The predicted octanol–water partition coefficient (Wildman–Crippen LogP) is 1.70. The van der Waals surface area contributed by atoms with Crippen molar-refractivity contribution in [1.29, 1.82) is 0 Å². The van der Waals surface area contributed by atoms with Crippen molar-refractivity contribution in [3.63, 3.8) is 0 Å². The highest BCUT2D eigenvalue weighted by atomic mass is 79.9. The molecule has 0 aromatic carbocycles. The highest BCUT2D eigenvalue weighted by Crippen LogP contribution is 2.26. The van der Waals surface area contributed by atoms with E-state index >= 15 is 0 Å². The van der Waals surface area contributed by atoms with Gasteiger partial charge in [-0.25, -0.2) is 9.97 Å². The summed E-state index contributed by atoms with van der Waals surface area (Å²) in [5, 5.41) is 3.20. The highest BCUT2D eigenvalue weighted by molar-refractivity contribution is 9.10. The lowest BCUT2D eigenvalue weighted by Gasteiger charge is -2.29. The second kappa shape index (κ2) is 5.44. The standard InChI is InChI=1S/C11H15BrN4O/c12-7-5-14-11(15-6-7)16-9-4-2-1-3-8(9)10(13)17/h5-6,8-9H,1-4H2,(H2,13,17)(H,14,15,16)/t8-,9-/m1/s1. The number of hydrogen-bond acceptors (Lipinski definition) is 4. The van der Waals surface area contributed by atoms with Crippen molar-refractivity contribution in [3.05, 3.63) is 16.9 Å². The minimum atomic E-state index is -0.237. The summed E-state index contributed by atoms with van der Waals surface area (Å²) in [7, 11) is 0. The Morgan fingerprint density at radius 2 is 2.00 bits per heavy atom. The fourth-order valence-electron chi connectivity index (χ4n) is 2.20. The first-order valence-electron chi connectivity index (χ1n) is 5.70. The van der Waals surface area contributed by atoms with Gasteiger partial charge in [-0.3, -0.25) is 4.79 Å². The Morgan fingerprint density at radius 1 is 1.35 bits per heavy atom. The number of nitrogens with one attached hydrogen (secondary N) is 1. The Hall–Kier alpha value is -1.17. The van der Waals surface area contributed by atoms with E-state index in [2.05, 4.69) is 31.2 Å². The lowest BCUT2D eigenvalue weighted by atomic mass is 9.84. The molecule has 92 valence electrons. The second-order valence-corrected chi connectivity index (χ2v) is 5.18. The average molecular weight is 299 g/mol. The zero-order valence-corrected chi connectivity index (χ0v) is 11.0.